The number of hydrogen-bond acceptors (Lipinski definition) is 5. The lowest BCUT2D eigenvalue weighted by molar-refractivity contribution is 0.0953. The van der Waals surface area contributed by atoms with Gasteiger partial charge in [-0.2, -0.15) is 0 Å². The number of pyridine rings is 1. The summed E-state index contributed by atoms with van der Waals surface area (Å²) in [5, 5.41) is 2.81. The van der Waals surface area contributed by atoms with E-state index in [1.165, 1.54) is 12.4 Å². The first-order valence-electron chi connectivity index (χ1n) is 6.86. The van der Waals surface area contributed by atoms with Crippen LogP contribution in [0.15, 0.2) is 59.7 Å². The van der Waals surface area contributed by atoms with Crippen LogP contribution < -0.4 is 5.32 Å². The number of nitrogens with zero attached hydrogens (tertiary/aromatic N) is 3. The summed E-state index contributed by atoms with van der Waals surface area (Å²) in [6, 6.07) is 7.37. The summed E-state index contributed by atoms with van der Waals surface area (Å²) in [5.41, 5.74) is 1.24. The standard InChI is InChI=1S/C16H14N4O2/c21-16(18-7-5-14-4-2-8-22-14)13-10-19-15(20-11-13)12-3-1-6-17-9-12/h1-4,6,8-11H,5,7H2,(H,18,21). The molecule has 3 heterocycles. The Morgan fingerprint density at radius 2 is 2.00 bits per heavy atom. The van der Waals surface area contributed by atoms with Gasteiger partial charge in [-0.15, -0.1) is 0 Å². The minimum Gasteiger partial charge on any atom is -0.469 e. The van der Waals surface area contributed by atoms with Gasteiger partial charge in [0.05, 0.1) is 11.8 Å². The van der Waals surface area contributed by atoms with E-state index in [0.29, 0.717) is 24.4 Å². The fraction of sp³-hybridized carbons (Fsp3) is 0.125. The summed E-state index contributed by atoms with van der Waals surface area (Å²) >= 11 is 0. The lowest BCUT2D eigenvalue weighted by Crippen LogP contribution is -2.25. The lowest BCUT2D eigenvalue weighted by atomic mass is 10.2. The highest BCUT2D eigenvalue weighted by Crippen LogP contribution is 2.11. The molecule has 0 saturated heterocycles. The molecule has 0 bridgehead atoms. The minimum atomic E-state index is -0.204. The Morgan fingerprint density at radius 1 is 1.14 bits per heavy atom. The van der Waals surface area contributed by atoms with E-state index in [9.17, 15) is 4.79 Å². The molecule has 3 rings (SSSR count). The van der Waals surface area contributed by atoms with Crippen molar-refractivity contribution in [2.24, 2.45) is 0 Å². The Bertz CT molecular complexity index is 725. The average Bonchev–Trinajstić information content (AvgIpc) is 3.09. The first kappa shape index (κ1) is 13.9. The molecule has 3 aromatic heterocycles. The predicted octanol–water partition coefficient (Wildman–Crippen LogP) is 2.10. The molecular formula is C16H14N4O2. The van der Waals surface area contributed by atoms with Gasteiger partial charge < -0.3 is 9.73 Å². The second-order valence-electron chi connectivity index (χ2n) is 4.62. The van der Waals surface area contributed by atoms with E-state index in [0.717, 1.165) is 11.3 Å². The third-order valence-electron chi connectivity index (χ3n) is 3.07. The van der Waals surface area contributed by atoms with Crippen LogP contribution in [0.3, 0.4) is 0 Å². The Labute approximate surface area is 127 Å². The van der Waals surface area contributed by atoms with Crippen LogP contribution in [0.4, 0.5) is 0 Å². The fourth-order valence-electron chi connectivity index (χ4n) is 1.95. The first-order chi connectivity index (χ1) is 10.8. The van der Waals surface area contributed by atoms with Crippen LogP contribution >= 0.6 is 0 Å². The van der Waals surface area contributed by atoms with Crippen LogP contribution in [0, 0.1) is 0 Å². The van der Waals surface area contributed by atoms with Crippen molar-refractivity contribution in [3.63, 3.8) is 0 Å². The second-order valence-corrected chi connectivity index (χ2v) is 4.62. The SMILES string of the molecule is O=C(NCCc1ccco1)c1cnc(-c2cccnc2)nc1. The van der Waals surface area contributed by atoms with Gasteiger partial charge in [0, 0.05) is 43.3 Å². The van der Waals surface area contributed by atoms with Gasteiger partial charge in [-0.1, -0.05) is 0 Å². The molecule has 3 aromatic rings. The zero-order valence-electron chi connectivity index (χ0n) is 11.8. The average molecular weight is 294 g/mol. The highest BCUT2D eigenvalue weighted by atomic mass is 16.3. The zero-order valence-corrected chi connectivity index (χ0v) is 11.8. The van der Waals surface area contributed by atoms with E-state index in [4.69, 9.17) is 4.42 Å². The third-order valence-corrected chi connectivity index (χ3v) is 3.07. The number of amides is 1. The molecule has 0 aliphatic carbocycles. The van der Waals surface area contributed by atoms with Crippen LogP contribution in [-0.2, 0) is 6.42 Å². The van der Waals surface area contributed by atoms with E-state index in [1.54, 1.807) is 18.7 Å². The largest absolute Gasteiger partial charge is 0.469 e. The summed E-state index contributed by atoms with van der Waals surface area (Å²) in [4.78, 5) is 24.4. The summed E-state index contributed by atoms with van der Waals surface area (Å²) in [7, 11) is 0. The minimum absolute atomic E-state index is 0.204. The molecule has 6 nitrogen and oxygen atoms in total. The Morgan fingerprint density at radius 3 is 2.68 bits per heavy atom. The van der Waals surface area contributed by atoms with E-state index in [2.05, 4.69) is 20.3 Å². The molecule has 6 heteroatoms. The second kappa shape index (κ2) is 6.62. The lowest BCUT2D eigenvalue weighted by Gasteiger charge is -2.04. The summed E-state index contributed by atoms with van der Waals surface area (Å²) in [6.07, 6.45) is 8.65. The molecule has 0 saturated carbocycles. The molecule has 0 aliphatic heterocycles. The van der Waals surface area contributed by atoms with Crippen molar-refractivity contribution in [2.45, 2.75) is 6.42 Å². The molecule has 1 N–H and O–H groups in total. The van der Waals surface area contributed by atoms with Crippen LogP contribution in [0.25, 0.3) is 11.4 Å². The number of hydrogen-bond donors (Lipinski definition) is 1. The predicted molar refractivity (Wildman–Crippen MR) is 80.0 cm³/mol. The third kappa shape index (κ3) is 3.35. The highest BCUT2D eigenvalue weighted by Gasteiger charge is 2.08. The van der Waals surface area contributed by atoms with E-state index in [-0.39, 0.29) is 5.91 Å². The van der Waals surface area contributed by atoms with Gasteiger partial charge in [-0.25, -0.2) is 9.97 Å². The van der Waals surface area contributed by atoms with Gasteiger partial charge in [-0.05, 0) is 24.3 Å². The normalized spacial score (nSPS) is 10.4. The fourth-order valence-corrected chi connectivity index (χ4v) is 1.95. The first-order valence-corrected chi connectivity index (χ1v) is 6.86. The molecule has 0 radical (unpaired) electrons. The summed E-state index contributed by atoms with van der Waals surface area (Å²) in [5.74, 6) is 1.17. The summed E-state index contributed by atoms with van der Waals surface area (Å²) in [6.45, 7) is 0.497. The molecule has 0 spiro atoms. The van der Waals surface area contributed by atoms with Crippen molar-refractivity contribution in [2.75, 3.05) is 6.54 Å². The Kier molecular flexibility index (Phi) is 4.20. The number of nitrogens with one attached hydrogen (secondary N) is 1. The molecule has 0 aromatic carbocycles. The van der Waals surface area contributed by atoms with Crippen molar-refractivity contribution in [1.82, 2.24) is 20.3 Å². The highest BCUT2D eigenvalue weighted by molar-refractivity contribution is 5.93. The van der Waals surface area contributed by atoms with Gasteiger partial charge in [0.1, 0.15) is 5.76 Å². The smallest absolute Gasteiger partial charge is 0.254 e. The van der Waals surface area contributed by atoms with Crippen LogP contribution in [0.2, 0.25) is 0 Å². The molecule has 22 heavy (non-hydrogen) atoms. The maximum Gasteiger partial charge on any atom is 0.254 e. The van der Waals surface area contributed by atoms with Crippen molar-refractivity contribution in [3.8, 4) is 11.4 Å². The zero-order chi connectivity index (χ0) is 15.2. The van der Waals surface area contributed by atoms with Crippen molar-refractivity contribution < 1.29 is 9.21 Å². The Balaban J connectivity index is 1.59. The molecule has 0 aliphatic rings. The van der Waals surface area contributed by atoms with Crippen molar-refractivity contribution >= 4 is 5.91 Å². The number of aromatic nitrogens is 3. The number of furan rings is 1. The number of rotatable bonds is 5. The van der Waals surface area contributed by atoms with Gasteiger partial charge in [0.25, 0.3) is 5.91 Å². The number of carbonyl (C=O) groups excluding carboxylic acids is 1. The van der Waals surface area contributed by atoms with Crippen LogP contribution in [-0.4, -0.2) is 27.4 Å². The molecule has 0 fully saturated rings. The topological polar surface area (TPSA) is 80.9 Å². The quantitative estimate of drug-likeness (QED) is 0.779. The molecule has 1 amide bonds. The number of carbonyl (C=O) groups is 1. The van der Waals surface area contributed by atoms with Gasteiger partial charge in [0.2, 0.25) is 0 Å². The maximum absolute atomic E-state index is 12.0. The van der Waals surface area contributed by atoms with Gasteiger partial charge in [0.15, 0.2) is 5.82 Å². The van der Waals surface area contributed by atoms with E-state index in [1.807, 2.05) is 24.3 Å². The summed E-state index contributed by atoms with van der Waals surface area (Å²) < 4.78 is 5.20. The van der Waals surface area contributed by atoms with Crippen LogP contribution in [0.1, 0.15) is 16.1 Å². The Hall–Kier alpha value is -3.02. The maximum atomic E-state index is 12.0. The molecular weight excluding hydrogens is 280 g/mol. The van der Waals surface area contributed by atoms with Gasteiger partial charge in [-0.3, -0.25) is 9.78 Å². The molecule has 110 valence electrons. The van der Waals surface area contributed by atoms with E-state index < -0.39 is 0 Å². The monoisotopic (exact) mass is 294 g/mol. The van der Waals surface area contributed by atoms with Crippen molar-refractivity contribution in [3.05, 3.63) is 66.6 Å². The molecule has 0 atom stereocenters. The van der Waals surface area contributed by atoms with Gasteiger partial charge >= 0.3 is 0 Å². The van der Waals surface area contributed by atoms with Crippen molar-refractivity contribution in [1.29, 1.82) is 0 Å². The molecule has 0 unspecified atom stereocenters. The van der Waals surface area contributed by atoms with Crippen LogP contribution in [0.5, 0.6) is 0 Å². The van der Waals surface area contributed by atoms with E-state index >= 15 is 0 Å².